The minimum Gasteiger partial charge on any atom is -0.251 e. The molecular weight excluding hydrogens is 644 g/mol. The van der Waals surface area contributed by atoms with E-state index >= 15 is 0 Å². The third-order valence-electron chi connectivity index (χ3n) is 2.71. The van der Waals surface area contributed by atoms with Crippen molar-refractivity contribution in [2.45, 2.75) is 24.6 Å². The van der Waals surface area contributed by atoms with Crippen molar-refractivity contribution >= 4 is 61.1 Å². The van der Waals surface area contributed by atoms with E-state index in [9.17, 15) is 26.3 Å². The molecule has 0 fully saturated rings. The van der Waals surface area contributed by atoms with Gasteiger partial charge in [-0.3, -0.25) is 9.97 Å². The van der Waals surface area contributed by atoms with Gasteiger partial charge in [0.1, 0.15) is 11.4 Å². The maximum atomic E-state index is 12.2. The Hall–Kier alpha value is -0.180. The molecule has 2 heterocycles. The minimum atomic E-state index is -4.36. The third-order valence-corrected chi connectivity index (χ3v) is 5.41. The summed E-state index contributed by atoms with van der Waals surface area (Å²) < 4.78 is 74.0. The van der Waals surface area contributed by atoms with Crippen molar-refractivity contribution in [1.82, 2.24) is 9.97 Å². The van der Waals surface area contributed by atoms with Crippen molar-refractivity contribution in [2.75, 3.05) is 0 Å². The van der Waals surface area contributed by atoms with E-state index < -0.39 is 23.7 Å². The van der Waals surface area contributed by atoms with E-state index in [4.69, 9.17) is 0 Å². The number of aromatic nitrogens is 2. The highest BCUT2D eigenvalue weighted by molar-refractivity contribution is 14.1. The average molecular weight is 653 g/mol. The summed E-state index contributed by atoms with van der Waals surface area (Å²) in [7, 11) is 0. The van der Waals surface area contributed by atoms with Crippen LogP contribution in [0, 0.1) is 14.1 Å². The number of aryl methyl sites for hydroxylation is 1. The fourth-order valence-electron chi connectivity index (χ4n) is 1.43. The van der Waals surface area contributed by atoms with E-state index in [1.165, 1.54) is 12.4 Å². The number of alkyl halides is 7. The summed E-state index contributed by atoms with van der Waals surface area (Å²) in [6, 6.07) is 2.10. The zero-order valence-corrected chi connectivity index (χ0v) is 18.2. The largest absolute Gasteiger partial charge is 0.433 e. The highest BCUT2D eigenvalue weighted by Gasteiger charge is 2.33. The van der Waals surface area contributed by atoms with E-state index in [2.05, 4.69) is 25.9 Å². The summed E-state index contributed by atoms with van der Waals surface area (Å²) in [4.78, 5) is 6.58. The molecule has 2 aromatic heterocycles. The Morgan fingerprint density at radius 1 is 0.880 bits per heavy atom. The number of halogens is 9. The first-order valence-corrected chi connectivity index (χ1v) is 9.61. The van der Waals surface area contributed by atoms with Crippen molar-refractivity contribution in [3.05, 3.63) is 54.2 Å². The molecule has 2 aromatic rings. The topological polar surface area (TPSA) is 25.8 Å². The van der Waals surface area contributed by atoms with Crippen molar-refractivity contribution < 1.29 is 26.3 Å². The molecule has 2 rings (SSSR count). The molecule has 0 aliphatic rings. The predicted molar refractivity (Wildman–Crippen MR) is 101 cm³/mol. The summed E-state index contributed by atoms with van der Waals surface area (Å²) in [6.07, 6.45) is -6.25. The van der Waals surface area contributed by atoms with Gasteiger partial charge in [0.25, 0.3) is 0 Å². The maximum Gasteiger partial charge on any atom is 0.433 e. The van der Waals surface area contributed by atoms with Crippen LogP contribution in [0.25, 0.3) is 0 Å². The normalized spacial score (nSPS) is 11.8. The zero-order valence-electron chi connectivity index (χ0n) is 12.3. The standard InChI is InChI=1S/C7H4BrF3IN.C7H5F3IN/c8-2-4-1-6(7(9,10)11)13-3-5(4)12;1-4-2-6(7(8,9)10)12-3-5(4)11/h1,3H,2H2;2-3H,1H3. The Kier molecular flexibility index (Phi) is 8.37. The van der Waals surface area contributed by atoms with Gasteiger partial charge in [-0.2, -0.15) is 26.3 Å². The lowest BCUT2D eigenvalue weighted by molar-refractivity contribution is -0.142. The van der Waals surface area contributed by atoms with Crippen molar-refractivity contribution in [1.29, 1.82) is 0 Å². The SMILES string of the molecule is Cc1cc(C(F)(F)F)ncc1I.FC(F)(F)c1cc(CBr)c(I)cn1. The average Bonchev–Trinajstić information content (AvgIpc) is 2.49. The molecule has 0 atom stereocenters. The smallest absolute Gasteiger partial charge is 0.251 e. The van der Waals surface area contributed by atoms with Crippen LogP contribution in [0.3, 0.4) is 0 Å². The Balaban J connectivity index is 0.000000251. The van der Waals surface area contributed by atoms with Crippen molar-refractivity contribution in [3.8, 4) is 0 Å². The van der Waals surface area contributed by atoms with Crippen molar-refractivity contribution in [3.63, 3.8) is 0 Å². The Labute approximate surface area is 175 Å². The van der Waals surface area contributed by atoms with Crippen LogP contribution in [0.5, 0.6) is 0 Å². The molecule has 0 spiro atoms. The van der Waals surface area contributed by atoms with E-state index in [1.807, 2.05) is 45.2 Å². The first kappa shape index (κ1) is 22.9. The van der Waals surface area contributed by atoms with E-state index in [1.54, 1.807) is 6.92 Å². The summed E-state index contributed by atoms with van der Waals surface area (Å²) in [6.45, 7) is 1.62. The quantitative estimate of drug-likeness (QED) is 0.197. The molecule has 11 heteroatoms. The summed E-state index contributed by atoms with van der Waals surface area (Å²) in [5.74, 6) is 0. The van der Waals surface area contributed by atoms with Crippen molar-refractivity contribution in [2.24, 2.45) is 0 Å². The van der Waals surface area contributed by atoms with Crippen LogP contribution in [0.1, 0.15) is 22.5 Å². The molecular formula is C14H9BrF6I2N2. The fourth-order valence-corrected chi connectivity index (χ4v) is 3.20. The third kappa shape index (κ3) is 7.15. The lowest BCUT2D eigenvalue weighted by Crippen LogP contribution is -2.08. The highest BCUT2D eigenvalue weighted by atomic mass is 127. The van der Waals surface area contributed by atoms with Gasteiger partial charge in [-0.25, -0.2) is 0 Å². The van der Waals surface area contributed by atoms with Crippen LogP contribution in [0.15, 0.2) is 24.5 Å². The van der Waals surface area contributed by atoms with Crippen LogP contribution in [0.2, 0.25) is 0 Å². The summed E-state index contributed by atoms with van der Waals surface area (Å²) in [5.41, 5.74) is -0.483. The number of rotatable bonds is 1. The fraction of sp³-hybridized carbons (Fsp3) is 0.286. The second-order valence-corrected chi connectivity index (χ2v) is 7.49. The van der Waals surface area contributed by atoms with E-state index in [-0.39, 0.29) is 0 Å². The lowest BCUT2D eigenvalue weighted by Gasteiger charge is -2.07. The molecule has 0 amide bonds. The molecule has 0 aromatic carbocycles. The van der Waals surface area contributed by atoms with Crippen LogP contribution >= 0.6 is 61.1 Å². The number of hydrogen-bond acceptors (Lipinski definition) is 2. The van der Waals surface area contributed by atoms with Gasteiger partial charge < -0.3 is 0 Å². The second kappa shape index (κ2) is 9.15. The first-order chi connectivity index (χ1) is 11.4. The monoisotopic (exact) mass is 652 g/mol. The van der Waals surface area contributed by atoms with Gasteiger partial charge in [0.05, 0.1) is 0 Å². The molecule has 2 nitrogen and oxygen atoms in total. The Morgan fingerprint density at radius 2 is 1.32 bits per heavy atom. The first-order valence-electron chi connectivity index (χ1n) is 6.33. The molecule has 0 unspecified atom stereocenters. The van der Waals surface area contributed by atoms with Gasteiger partial charge in [0, 0.05) is 24.9 Å². The molecule has 0 saturated heterocycles. The van der Waals surface area contributed by atoms with E-state index in [0.29, 0.717) is 16.5 Å². The molecule has 0 saturated carbocycles. The minimum absolute atomic E-state index is 0.400. The van der Waals surface area contributed by atoms with Crippen LogP contribution in [-0.2, 0) is 17.7 Å². The van der Waals surface area contributed by atoms with Crippen LogP contribution in [-0.4, -0.2) is 9.97 Å². The molecule has 0 aliphatic carbocycles. The number of pyridine rings is 2. The Bertz CT molecular complexity index is 734. The second-order valence-electron chi connectivity index (χ2n) is 4.61. The van der Waals surface area contributed by atoms with Crippen LogP contribution < -0.4 is 0 Å². The van der Waals surface area contributed by atoms with Gasteiger partial charge in [0.2, 0.25) is 0 Å². The van der Waals surface area contributed by atoms with Crippen LogP contribution in [0.4, 0.5) is 26.3 Å². The lowest BCUT2D eigenvalue weighted by atomic mass is 10.2. The molecule has 138 valence electrons. The predicted octanol–water partition coefficient (Wildman–Crippen LogP) is 6.61. The molecule has 0 N–H and O–H groups in total. The van der Waals surface area contributed by atoms with Gasteiger partial charge in [0.15, 0.2) is 0 Å². The molecule has 0 radical (unpaired) electrons. The van der Waals surface area contributed by atoms with Gasteiger partial charge in [-0.15, -0.1) is 0 Å². The highest BCUT2D eigenvalue weighted by Crippen LogP contribution is 2.30. The Morgan fingerprint density at radius 3 is 1.72 bits per heavy atom. The zero-order chi connectivity index (χ0) is 19.4. The summed E-state index contributed by atoms with van der Waals surface area (Å²) >= 11 is 6.99. The van der Waals surface area contributed by atoms with Gasteiger partial charge in [-0.1, -0.05) is 15.9 Å². The molecule has 0 bridgehead atoms. The van der Waals surface area contributed by atoms with Gasteiger partial charge in [-0.05, 0) is 75.4 Å². The maximum absolute atomic E-state index is 12.2. The van der Waals surface area contributed by atoms with Gasteiger partial charge >= 0.3 is 12.4 Å². The number of hydrogen-bond donors (Lipinski definition) is 0. The summed E-state index contributed by atoms with van der Waals surface area (Å²) in [5, 5.41) is 0.400. The number of nitrogens with zero attached hydrogens (tertiary/aromatic N) is 2. The molecule has 0 aliphatic heterocycles. The van der Waals surface area contributed by atoms with E-state index in [0.717, 1.165) is 19.3 Å². The molecule has 25 heavy (non-hydrogen) atoms.